The van der Waals surface area contributed by atoms with Crippen molar-refractivity contribution in [2.75, 3.05) is 26.2 Å². The lowest BCUT2D eigenvalue weighted by molar-refractivity contribution is 0.0527. The fourth-order valence-electron chi connectivity index (χ4n) is 1.50. The second-order valence-corrected chi connectivity index (χ2v) is 5.82. The lowest BCUT2D eigenvalue weighted by Crippen LogP contribution is -2.38. The Balaban J connectivity index is 0. The summed E-state index contributed by atoms with van der Waals surface area (Å²) in [5.74, 6) is 0.836. The SMILES string of the molecule is CCCCNC(=NCCCNC(=O)OC(C)(C)C)NCC.I. The maximum absolute atomic E-state index is 11.4. The Hall–Kier alpha value is -0.730. The van der Waals surface area contributed by atoms with Crippen LogP contribution in [0.2, 0.25) is 0 Å². The Morgan fingerprint density at radius 1 is 1.05 bits per heavy atom. The third-order valence-electron chi connectivity index (χ3n) is 2.44. The molecule has 0 bridgehead atoms. The second kappa shape index (κ2) is 13.9. The minimum atomic E-state index is -0.455. The van der Waals surface area contributed by atoms with Crippen molar-refractivity contribution in [3.05, 3.63) is 0 Å². The Morgan fingerprint density at radius 3 is 2.23 bits per heavy atom. The summed E-state index contributed by atoms with van der Waals surface area (Å²) in [6.07, 6.45) is 2.69. The van der Waals surface area contributed by atoms with Crippen molar-refractivity contribution in [2.45, 2.75) is 59.5 Å². The Kier molecular flexibility index (Phi) is 14.9. The molecule has 0 aliphatic rings. The Morgan fingerprint density at radius 2 is 1.68 bits per heavy atom. The molecule has 0 aliphatic heterocycles. The van der Waals surface area contributed by atoms with E-state index >= 15 is 0 Å². The fourth-order valence-corrected chi connectivity index (χ4v) is 1.50. The molecule has 7 heteroatoms. The monoisotopic (exact) mass is 428 g/mol. The molecule has 0 spiro atoms. The summed E-state index contributed by atoms with van der Waals surface area (Å²) in [5, 5.41) is 9.20. The van der Waals surface area contributed by atoms with E-state index in [1.165, 1.54) is 0 Å². The van der Waals surface area contributed by atoms with Gasteiger partial charge in [-0.1, -0.05) is 13.3 Å². The van der Waals surface area contributed by atoms with Gasteiger partial charge in [-0.3, -0.25) is 4.99 Å². The minimum Gasteiger partial charge on any atom is -0.444 e. The summed E-state index contributed by atoms with van der Waals surface area (Å²) in [6, 6.07) is 0. The minimum absolute atomic E-state index is 0. The average molecular weight is 428 g/mol. The van der Waals surface area contributed by atoms with Crippen LogP contribution in [0.3, 0.4) is 0 Å². The van der Waals surface area contributed by atoms with Crippen molar-refractivity contribution < 1.29 is 9.53 Å². The quantitative estimate of drug-likeness (QED) is 0.241. The van der Waals surface area contributed by atoms with E-state index in [1.54, 1.807) is 0 Å². The molecule has 0 aromatic heterocycles. The standard InChI is InChI=1S/C15H32N4O2.HI/c1-6-8-10-17-13(16-7-2)18-11-9-12-19-14(20)21-15(3,4)5;/h6-12H2,1-5H3,(H,19,20)(H2,16,17,18);1H. The highest BCUT2D eigenvalue weighted by Crippen LogP contribution is 2.06. The van der Waals surface area contributed by atoms with Gasteiger partial charge in [0.05, 0.1) is 0 Å². The second-order valence-electron chi connectivity index (χ2n) is 5.82. The number of alkyl carbamates (subject to hydrolysis) is 1. The zero-order valence-electron chi connectivity index (χ0n) is 14.6. The molecule has 0 saturated heterocycles. The van der Waals surface area contributed by atoms with Crippen LogP contribution in [0, 0.1) is 0 Å². The molecule has 0 atom stereocenters. The number of hydrogen-bond acceptors (Lipinski definition) is 3. The Bertz CT molecular complexity index is 317. The van der Waals surface area contributed by atoms with Crippen LogP contribution in [-0.4, -0.2) is 43.8 Å². The highest BCUT2D eigenvalue weighted by atomic mass is 127. The van der Waals surface area contributed by atoms with Crippen molar-refractivity contribution >= 4 is 36.0 Å². The number of guanidine groups is 1. The average Bonchev–Trinajstić information content (AvgIpc) is 2.36. The molecule has 0 rings (SSSR count). The van der Waals surface area contributed by atoms with E-state index in [-0.39, 0.29) is 30.1 Å². The van der Waals surface area contributed by atoms with E-state index in [1.807, 2.05) is 27.7 Å². The topological polar surface area (TPSA) is 74.8 Å². The zero-order valence-corrected chi connectivity index (χ0v) is 17.0. The number of carbonyl (C=O) groups is 1. The van der Waals surface area contributed by atoms with Gasteiger partial charge in [-0.25, -0.2) is 4.79 Å². The summed E-state index contributed by atoms with van der Waals surface area (Å²) in [7, 11) is 0. The molecule has 6 nitrogen and oxygen atoms in total. The number of aliphatic imine (C=N–C) groups is 1. The van der Waals surface area contributed by atoms with Crippen molar-refractivity contribution in [1.82, 2.24) is 16.0 Å². The van der Waals surface area contributed by atoms with Gasteiger partial charge in [0.25, 0.3) is 0 Å². The van der Waals surface area contributed by atoms with Gasteiger partial charge in [0.1, 0.15) is 5.60 Å². The van der Waals surface area contributed by atoms with Crippen LogP contribution >= 0.6 is 24.0 Å². The Labute approximate surface area is 152 Å². The molecule has 0 aromatic carbocycles. The first kappa shape index (κ1) is 23.5. The lowest BCUT2D eigenvalue weighted by Gasteiger charge is -2.19. The van der Waals surface area contributed by atoms with Gasteiger partial charge in [-0.2, -0.15) is 0 Å². The lowest BCUT2D eigenvalue weighted by atomic mass is 10.2. The van der Waals surface area contributed by atoms with Gasteiger partial charge in [-0.05, 0) is 40.5 Å². The number of nitrogens with one attached hydrogen (secondary N) is 3. The van der Waals surface area contributed by atoms with Crippen LogP contribution in [0.1, 0.15) is 53.9 Å². The van der Waals surface area contributed by atoms with Crippen LogP contribution in [-0.2, 0) is 4.74 Å². The van der Waals surface area contributed by atoms with Crippen LogP contribution in [0.25, 0.3) is 0 Å². The largest absolute Gasteiger partial charge is 0.444 e. The zero-order chi connectivity index (χ0) is 16.1. The smallest absolute Gasteiger partial charge is 0.407 e. The number of ether oxygens (including phenoxy) is 1. The third kappa shape index (κ3) is 15.7. The molecular weight excluding hydrogens is 395 g/mol. The van der Waals surface area contributed by atoms with Crippen molar-refractivity contribution in [1.29, 1.82) is 0 Å². The molecule has 0 saturated carbocycles. The molecule has 132 valence electrons. The highest BCUT2D eigenvalue weighted by Gasteiger charge is 2.15. The van der Waals surface area contributed by atoms with Gasteiger partial charge in [-0.15, -0.1) is 24.0 Å². The van der Waals surface area contributed by atoms with E-state index in [9.17, 15) is 4.79 Å². The van der Waals surface area contributed by atoms with Gasteiger partial charge >= 0.3 is 6.09 Å². The third-order valence-corrected chi connectivity index (χ3v) is 2.44. The van der Waals surface area contributed by atoms with Crippen molar-refractivity contribution in [3.8, 4) is 0 Å². The van der Waals surface area contributed by atoms with Crippen LogP contribution in [0.5, 0.6) is 0 Å². The molecule has 0 fully saturated rings. The summed E-state index contributed by atoms with van der Waals surface area (Å²) in [4.78, 5) is 15.9. The predicted molar refractivity (Wildman–Crippen MR) is 103 cm³/mol. The molecule has 3 N–H and O–H groups in total. The fraction of sp³-hybridized carbons (Fsp3) is 0.867. The van der Waals surface area contributed by atoms with Gasteiger partial charge in [0.2, 0.25) is 0 Å². The van der Waals surface area contributed by atoms with E-state index in [2.05, 4.69) is 27.9 Å². The van der Waals surface area contributed by atoms with Crippen molar-refractivity contribution in [3.63, 3.8) is 0 Å². The predicted octanol–water partition coefficient (Wildman–Crippen LogP) is 2.87. The van der Waals surface area contributed by atoms with E-state index in [0.717, 1.165) is 38.3 Å². The first-order valence-electron chi connectivity index (χ1n) is 7.88. The molecule has 0 heterocycles. The van der Waals surface area contributed by atoms with Crippen LogP contribution in [0.15, 0.2) is 4.99 Å². The van der Waals surface area contributed by atoms with Crippen molar-refractivity contribution in [2.24, 2.45) is 4.99 Å². The van der Waals surface area contributed by atoms with Gasteiger partial charge < -0.3 is 20.7 Å². The molecule has 0 unspecified atom stereocenters. The first-order valence-corrected chi connectivity index (χ1v) is 7.88. The molecular formula is C15H33IN4O2. The summed E-state index contributed by atoms with van der Waals surface area (Å²) >= 11 is 0. The van der Waals surface area contributed by atoms with Crippen LogP contribution in [0.4, 0.5) is 4.79 Å². The number of carbonyl (C=O) groups excluding carboxylic acids is 1. The number of hydrogen-bond donors (Lipinski definition) is 3. The first-order chi connectivity index (χ1) is 9.89. The molecule has 0 aliphatic carbocycles. The molecule has 22 heavy (non-hydrogen) atoms. The van der Waals surface area contributed by atoms with E-state index < -0.39 is 5.60 Å². The number of nitrogens with zero attached hydrogens (tertiary/aromatic N) is 1. The maximum Gasteiger partial charge on any atom is 0.407 e. The number of halogens is 1. The molecule has 1 amide bonds. The summed E-state index contributed by atoms with van der Waals surface area (Å²) in [6.45, 7) is 12.7. The number of unbranched alkanes of at least 4 members (excludes halogenated alkanes) is 1. The highest BCUT2D eigenvalue weighted by molar-refractivity contribution is 14.0. The van der Waals surface area contributed by atoms with Crippen LogP contribution < -0.4 is 16.0 Å². The number of rotatable bonds is 8. The molecule has 0 radical (unpaired) electrons. The van der Waals surface area contributed by atoms with Gasteiger partial charge in [0, 0.05) is 26.2 Å². The normalized spacial score (nSPS) is 11.4. The number of amides is 1. The van der Waals surface area contributed by atoms with Gasteiger partial charge in [0.15, 0.2) is 5.96 Å². The summed E-state index contributed by atoms with van der Waals surface area (Å²) < 4.78 is 5.16. The molecule has 0 aromatic rings. The van der Waals surface area contributed by atoms with E-state index in [0.29, 0.717) is 13.1 Å². The maximum atomic E-state index is 11.4. The van der Waals surface area contributed by atoms with E-state index in [4.69, 9.17) is 4.74 Å². The summed E-state index contributed by atoms with van der Waals surface area (Å²) in [5.41, 5.74) is -0.455.